The van der Waals surface area contributed by atoms with Gasteiger partial charge in [-0.05, 0) is 12.1 Å². The first kappa shape index (κ1) is 6.78. The highest BCUT2D eigenvalue weighted by atomic mass is 16.1. The number of fused-ring (bicyclic) bond motifs is 1. The molecule has 0 fully saturated rings. The van der Waals surface area contributed by atoms with Gasteiger partial charge in [-0.2, -0.15) is 0 Å². The van der Waals surface area contributed by atoms with Gasteiger partial charge in [-0.25, -0.2) is 4.79 Å². The van der Waals surface area contributed by atoms with Crippen LogP contribution in [0.2, 0.25) is 0 Å². The third-order valence-corrected chi connectivity index (χ3v) is 1.75. The Morgan fingerprint density at radius 3 is 1.83 bits per heavy atom. The topological polar surface area (TPSA) is 101 Å². The molecule has 2 aromatic rings. The van der Waals surface area contributed by atoms with E-state index in [0.29, 0.717) is 22.4 Å². The predicted molar refractivity (Wildman–Crippen MR) is 47.7 cm³/mol. The van der Waals surface area contributed by atoms with Crippen LogP contribution in [0.25, 0.3) is 11.0 Å². The third kappa shape index (κ3) is 0.763. The smallest absolute Gasteiger partial charge is 0.323 e. The number of H-pyrrole nitrogens is 2. The predicted octanol–water partition coefficient (Wildman–Crippen LogP) is 0.0206. The number of nitrogens with two attached hydrogens (primary N) is 2. The van der Waals surface area contributed by atoms with Gasteiger partial charge in [0.15, 0.2) is 0 Å². The van der Waals surface area contributed by atoms with Gasteiger partial charge in [0, 0.05) is 0 Å². The van der Waals surface area contributed by atoms with E-state index in [9.17, 15) is 4.79 Å². The lowest BCUT2D eigenvalue weighted by molar-refractivity contribution is 1.22. The first-order valence-electron chi connectivity index (χ1n) is 3.44. The van der Waals surface area contributed by atoms with Crippen LogP contribution in [-0.4, -0.2) is 9.97 Å². The van der Waals surface area contributed by atoms with E-state index in [1.807, 2.05) is 0 Å². The van der Waals surface area contributed by atoms with Crippen molar-refractivity contribution in [2.75, 3.05) is 11.5 Å². The maximum absolute atomic E-state index is 10.9. The lowest BCUT2D eigenvalue weighted by Gasteiger charge is -1.97. The minimum absolute atomic E-state index is 0.297. The van der Waals surface area contributed by atoms with Crippen molar-refractivity contribution in [2.24, 2.45) is 0 Å². The van der Waals surface area contributed by atoms with Crippen molar-refractivity contribution in [3.05, 3.63) is 22.6 Å². The second-order valence-corrected chi connectivity index (χ2v) is 2.57. The molecule has 1 aromatic carbocycles. The summed E-state index contributed by atoms with van der Waals surface area (Å²) in [4.78, 5) is 16.0. The quantitative estimate of drug-likeness (QED) is 0.413. The van der Waals surface area contributed by atoms with Gasteiger partial charge in [-0.3, -0.25) is 0 Å². The molecule has 5 nitrogen and oxygen atoms in total. The van der Waals surface area contributed by atoms with E-state index in [4.69, 9.17) is 11.5 Å². The van der Waals surface area contributed by atoms with Crippen molar-refractivity contribution < 1.29 is 0 Å². The molecule has 0 amide bonds. The Hall–Kier alpha value is -1.91. The molecule has 0 unspecified atom stereocenters. The zero-order valence-electron chi connectivity index (χ0n) is 6.22. The van der Waals surface area contributed by atoms with Crippen LogP contribution in [0.1, 0.15) is 0 Å². The molecule has 0 radical (unpaired) electrons. The molecular weight excluding hydrogens is 156 g/mol. The standard InChI is InChI=1S/C7H8N4O/c8-3-1-2-4(9)6-5(3)10-7(12)11-6/h1-2H,8-9H2,(H2,10,11,12). The number of rotatable bonds is 0. The molecule has 1 aromatic heterocycles. The number of nitrogen functional groups attached to an aromatic ring is 2. The van der Waals surface area contributed by atoms with Crippen LogP contribution in [-0.2, 0) is 0 Å². The fourth-order valence-electron chi connectivity index (χ4n) is 1.16. The number of hydrogen-bond acceptors (Lipinski definition) is 3. The maximum atomic E-state index is 10.9. The van der Waals surface area contributed by atoms with E-state index in [-0.39, 0.29) is 5.69 Å². The van der Waals surface area contributed by atoms with Gasteiger partial charge in [0.2, 0.25) is 0 Å². The van der Waals surface area contributed by atoms with Crippen LogP contribution in [0.5, 0.6) is 0 Å². The number of aromatic amines is 2. The Labute approximate surface area is 67.4 Å². The fraction of sp³-hybridized carbons (Fsp3) is 0. The molecule has 0 atom stereocenters. The molecule has 0 spiro atoms. The number of hydrogen-bond donors (Lipinski definition) is 4. The number of benzene rings is 1. The van der Waals surface area contributed by atoms with Gasteiger partial charge >= 0.3 is 5.69 Å². The Kier molecular flexibility index (Phi) is 1.15. The molecule has 0 saturated carbocycles. The van der Waals surface area contributed by atoms with Crippen LogP contribution >= 0.6 is 0 Å². The average Bonchev–Trinajstić information content (AvgIpc) is 2.41. The summed E-state index contributed by atoms with van der Waals surface area (Å²) in [6, 6.07) is 3.31. The van der Waals surface area contributed by atoms with E-state index in [1.54, 1.807) is 12.1 Å². The van der Waals surface area contributed by atoms with Crippen molar-refractivity contribution in [1.29, 1.82) is 0 Å². The molecule has 2 rings (SSSR count). The highest BCUT2D eigenvalue weighted by Gasteiger charge is 2.03. The molecule has 6 N–H and O–H groups in total. The molecule has 12 heavy (non-hydrogen) atoms. The van der Waals surface area contributed by atoms with E-state index >= 15 is 0 Å². The number of aromatic nitrogens is 2. The minimum Gasteiger partial charge on any atom is -0.397 e. The van der Waals surface area contributed by atoms with Gasteiger partial charge in [0.05, 0.1) is 22.4 Å². The molecule has 0 aliphatic carbocycles. The summed E-state index contributed by atoms with van der Waals surface area (Å²) in [6.45, 7) is 0. The summed E-state index contributed by atoms with van der Waals surface area (Å²) >= 11 is 0. The van der Waals surface area contributed by atoms with Crippen molar-refractivity contribution in [3.63, 3.8) is 0 Å². The average molecular weight is 164 g/mol. The minimum atomic E-state index is -0.297. The zero-order chi connectivity index (χ0) is 8.72. The third-order valence-electron chi connectivity index (χ3n) is 1.75. The molecule has 0 aliphatic heterocycles. The Morgan fingerprint density at radius 1 is 1.00 bits per heavy atom. The highest BCUT2D eigenvalue weighted by molar-refractivity contribution is 5.94. The second kappa shape index (κ2) is 2.04. The first-order valence-corrected chi connectivity index (χ1v) is 3.44. The number of anilines is 2. The zero-order valence-corrected chi connectivity index (χ0v) is 6.22. The SMILES string of the molecule is Nc1ccc(N)c2[nH]c(=O)[nH]c12. The lowest BCUT2D eigenvalue weighted by atomic mass is 10.2. The van der Waals surface area contributed by atoms with E-state index < -0.39 is 0 Å². The van der Waals surface area contributed by atoms with Crippen molar-refractivity contribution in [2.45, 2.75) is 0 Å². The molecular formula is C7H8N4O. The van der Waals surface area contributed by atoms with Gasteiger partial charge < -0.3 is 21.4 Å². The van der Waals surface area contributed by atoms with E-state index in [1.165, 1.54) is 0 Å². The monoisotopic (exact) mass is 164 g/mol. The number of imidazole rings is 1. The fourth-order valence-corrected chi connectivity index (χ4v) is 1.16. The van der Waals surface area contributed by atoms with Crippen LogP contribution in [0.15, 0.2) is 16.9 Å². The van der Waals surface area contributed by atoms with E-state index in [2.05, 4.69) is 9.97 Å². The van der Waals surface area contributed by atoms with Gasteiger partial charge in [0.25, 0.3) is 0 Å². The van der Waals surface area contributed by atoms with Gasteiger partial charge in [-0.1, -0.05) is 0 Å². The summed E-state index contributed by atoms with van der Waals surface area (Å²) < 4.78 is 0. The van der Waals surface area contributed by atoms with Crippen molar-refractivity contribution >= 4 is 22.4 Å². The normalized spacial score (nSPS) is 10.7. The molecule has 1 heterocycles. The summed E-state index contributed by atoms with van der Waals surface area (Å²) in [5.41, 5.74) is 13.1. The van der Waals surface area contributed by atoms with Crippen LogP contribution in [0, 0.1) is 0 Å². The summed E-state index contributed by atoms with van der Waals surface area (Å²) in [6.07, 6.45) is 0. The van der Waals surface area contributed by atoms with Crippen LogP contribution in [0.3, 0.4) is 0 Å². The van der Waals surface area contributed by atoms with Gasteiger partial charge in [0.1, 0.15) is 0 Å². The summed E-state index contributed by atoms with van der Waals surface area (Å²) in [5, 5.41) is 0. The van der Waals surface area contributed by atoms with Crippen LogP contribution in [0.4, 0.5) is 11.4 Å². The van der Waals surface area contributed by atoms with Gasteiger partial charge in [-0.15, -0.1) is 0 Å². The van der Waals surface area contributed by atoms with Crippen molar-refractivity contribution in [1.82, 2.24) is 9.97 Å². The Bertz CT molecular complexity index is 440. The Balaban J connectivity index is 3.03. The van der Waals surface area contributed by atoms with Crippen molar-refractivity contribution in [3.8, 4) is 0 Å². The molecule has 5 heteroatoms. The Morgan fingerprint density at radius 2 is 1.42 bits per heavy atom. The highest BCUT2D eigenvalue weighted by Crippen LogP contribution is 2.20. The first-order chi connectivity index (χ1) is 5.68. The molecule has 0 saturated heterocycles. The summed E-state index contributed by atoms with van der Waals surface area (Å²) in [7, 11) is 0. The number of nitrogens with one attached hydrogen (secondary N) is 2. The lowest BCUT2D eigenvalue weighted by Crippen LogP contribution is -1.99. The largest absolute Gasteiger partial charge is 0.397 e. The molecule has 0 bridgehead atoms. The maximum Gasteiger partial charge on any atom is 0.323 e. The summed E-state index contributed by atoms with van der Waals surface area (Å²) in [5.74, 6) is 0. The molecule has 0 aliphatic rings. The van der Waals surface area contributed by atoms with Crippen LogP contribution < -0.4 is 17.2 Å². The van der Waals surface area contributed by atoms with E-state index in [0.717, 1.165) is 0 Å². The molecule has 62 valence electrons. The second-order valence-electron chi connectivity index (χ2n) is 2.57.